The topological polar surface area (TPSA) is 15.3 Å². The maximum Gasteiger partial charge on any atom is 0.130 e. The highest BCUT2D eigenvalue weighted by atomic mass is 15.3. The molecule has 1 N–H and O–H groups in total. The molecular weight excluding hydrogens is 593 g/mol. The van der Waals surface area contributed by atoms with Crippen molar-refractivity contribution in [2.24, 2.45) is 5.41 Å². The molecule has 0 saturated carbocycles. The molecular formula is C47H46N2. The molecule has 1 aliphatic heterocycles. The maximum atomic E-state index is 4.83. The van der Waals surface area contributed by atoms with Crippen LogP contribution in [0.25, 0.3) is 0 Å². The molecule has 1 spiro atoms. The van der Waals surface area contributed by atoms with Crippen LogP contribution in [-0.4, -0.2) is 0 Å². The van der Waals surface area contributed by atoms with Gasteiger partial charge in [-0.15, -0.1) is 0 Å². The van der Waals surface area contributed by atoms with Crippen LogP contribution in [0.3, 0.4) is 0 Å². The molecule has 0 saturated heterocycles. The fourth-order valence-electron chi connectivity index (χ4n) is 7.84. The number of fused-ring (bicyclic) bond motifs is 2. The lowest BCUT2D eigenvalue weighted by atomic mass is 9.62. The van der Waals surface area contributed by atoms with Crippen molar-refractivity contribution in [1.29, 1.82) is 0 Å². The summed E-state index contributed by atoms with van der Waals surface area (Å²) in [5.41, 5.74) is 12.0. The molecule has 1 heterocycles. The fourth-order valence-corrected chi connectivity index (χ4v) is 7.84. The Kier molecular flexibility index (Phi) is 9.48. The number of benzene rings is 3. The van der Waals surface area contributed by atoms with Gasteiger partial charge in [0, 0.05) is 17.0 Å². The number of hydrogen-bond donors (Lipinski definition) is 1. The molecule has 244 valence electrons. The van der Waals surface area contributed by atoms with Crippen molar-refractivity contribution in [3.05, 3.63) is 210 Å². The van der Waals surface area contributed by atoms with E-state index in [0.717, 1.165) is 48.9 Å². The van der Waals surface area contributed by atoms with E-state index in [9.17, 15) is 0 Å². The molecule has 3 unspecified atom stereocenters. The molecule has 49 heavy (non-hydrogen) atoms. The minimum absolute atomic E-state index is 0.00524. The second-order valence-electron chi connectivity index (χ2n) is 13.4. The van der Waals surface area contributed by atoms with Crippen LogP contribution < -0.4 is 10.2 Å². The van der Waals surface area contributed by atoms with E-state index in [0.29, 0.717) is 0 Å². The van der Waals surface area contributed by atoms with E-state index >= 15 is 0 Å². The van der Waals surface area contributed by atoms with Crippen LogP contribution in [0, 0.1) is 5.41 Å². The molecule has 2 heteroatoms. The van der Waals surface area contributed by atoms with Gasteiger partial charge in [-0.2, -0.15) is 0 Å². The average molecular weight is 639 g/mol. The standard InChI is InChI=1S/C47H46N2/c1-35-19-17-18-34-47(43-25-14-13-24-42(35)43)36(2)20-9-6-4-5-7-10-21-38(29-28-37(47)3)39-30-32-40(33-31-39)46-48-44-26-15-16-27-45(44)49(46)41-22-11-8-12-23-41/h4-6,8-12,14-17,19-23,25-33,38,46,48H,1,3,7,13,18,24,34H2,2H3/b5-4+,9-6-,19-17-,21-10?,29-28-,36-20?. The Morgan fingerprint density at radius 2 is 1.51 bits per heavy atom. The summed E-state index contributed by atoms with van der Waals surface area (Å²) in [6.07, 6.45) is 34.3. The number of para-hydroxylation sites is 3. The highest BCUT2D eigenvalue weighted by Gasteiger charge is 2.39. The van der Waals surface area contributed by atoms with Crippen molar-refractivity contribution in [1.82, 2.24) is 0 Å². The summed E-state index contributed by atoms with van der Waals surface area (Å²) < 4.78 is 0. The quantitative estimate of drug-likeness (QED) is 0.287. The van der Waals surface area contributed by atoms with E-state index in [1.165, 1.54) is 39.2 Å². The molecule has 0 aromatic heterocycles. The van der Waals surface area contributed by atoms with Gasteiger partial charge in [-0.3, -0.25) is 0 Å². The van der Waals surface area contributed by atoms with Gasteiger partial charge in [-0.05, 0) is 96.7 Å². The van der Waals surface area contributed by atoms with E-state index in [1.807, 2.05) is 0 Å². The minimum Gasteiger partial charge on any atom is -0.359 e. The van der Waals surface area contributed by atoms with Crippen molar-refractivity contribution >= 4 is 17.1 Å². The van der Waals surface area contributed by atoms with Crippen molar-refractivity contribution in [3.8, 4) is 0 Å². The van der Waals surface area contributed by atoms with Crippen molar-refractivity contribution in [2.45, 2.75) is 51.1 Å². The van der Waals surface area contributed by atoms with Crippen LogP contribution in [0.4, 0.5) is 17.1 Å². The predicted octanol–water partition coefficient (Wildman–Crippen LogP) is 12.7. The lowest BCUT2D eigenvalue weighted by Gasteiger charge is -2.41. The van der Waals surface area contributed by atoms with E-state index in [4.69, 9.17) is 6.58 Å². The van der Waals surface area contributed by atoms with Crippen LogP contribution >= 0.6 is 0 Å². The van der Waals surface area contributed by atoms with Crippen LogP contribution in [0.5, 0.6) is 0 Å². The molecule has 7 rings (SSSR count). The SMILES string of the molecule is C=C1/C=C\CCC2(C(=C)/C=C\C(c3ccc(C4Nc5ccccc5N4c4ccccc4)cc3)C=CC/C=C/C=C\C=C2C)C2=C1CCC=C2. The summed E-state index contributed by atoms with van der Waals surface area (Å²) in [4.78, 5) is 2.40. The van der Waals surface area contributed by atoms with E-state index in [2.05, 4.69) is 182 Å². The Balaban J connectivity index is 1.25. The number of rotatable bonds is 3. The molecule has 3 aliphatic carbocycles. The first kappa shape index (κ1) is 32.2. The Labute approximate surface area is 293 Å². The Morgan fingerprint density at radius 3 is 2.37 bits per heavy atom. The first-order valence-electron chi connectivity index (χ1n) is 17.7. The summed E-state index contributed by atoms with van der Waals surface area (Å²) in [7, 11) is 0. The Morgan fingerprint density at radius 1 is 0.735 bits per heavy atom. The Bertz CT molecular complexity index is 1960. The molecule has 0 fully saturated rings. The second-order valence-corrected chi connectivity index (χ2v) is 13.4. The molecule has 4 aliphatic rings. The largest absolute Gasteiger partial charge is 0.359 e. The van der Waals surface area contributed by atoms with Gasteiger partial charge in [0.25, 0.3) is 0 Å². The summed E-state index contributed by atoms with van der Waals surface area (Å²) in [6, 6.07) is 28.4. The third kappa shape index (κ3) is 6.44. The average Bonchev–Trinajstić information content (AvgIpc) is 3.53. The summed E-state index contributed by atoms with van der Waals surface area (Å²) in [5.74, 6) is 0.108. The Hall–Kier alpha value is -5.34. The fraction of sp³-hybridized carbons (Fsp3) is 0.191. The monoisotopic (exact) mass is 638 g/mol. The van der Waals surface area contributed by atoms with Crippen molar-refractivity contribution in [2.75, 3.05) is 10.2 Å². The summed E-state index contributed by atoms with van der Waals surface area (Å²) in [5, 5.41) is 3.78. The van der Waals surface area contributed by atoms with Gasteiger partial charge in [0.1, 0.15) is 6.17 Å². The van der Waals surface area contributed by atoms with Gasteiger partial charge < -0.3 is 10.2 Å². The van der Waals surface area contributed by atoms with E-state index < -0.39 is 0 Å². The van der Waals surface area contributed by atoms with Crippen molar-refractivity contribution < 1.29 is 0 Å². The van der Waals surface area contributed by atoms with Crippen LogP contribution in [-0.2, 0) is 0 Å². The van der Waals surface area contributed by atoms with Crippen LogP contribution in [0.1, 0.15) is 62.2 Å². The normalized spacial score (nSPS) is 26.5. The molecule has 3 aromatic rings. The number of allylic oxidation sites excluding steroid dienone is 18. The number of nitrogens with zero attached hydrogens (tertiary/aromatic N) is 1. The number of hydrogen-bond acceptors (Lipinski definition) is 2. The molecule has 0 radical (unpaired) electrons. The first-order valence-corrected chi connectivity index (χ1v) is 17.7. The molecule has 0 bridgehead atoms. The van der Waals surface area contributed by atoms with E-state index in [-0.39, 0.29) is 17.5 Å². The third-order valence-electron chi connectivity index (χ3n) is 10.5. The molecule has 2 nitrogen and oxygen atoms in total. The number of anilines is 3. The van der Waals surface area contributed by atoms with Crippen LogP contribution in [0.15, 0.2) is 199 Å². The van der Waals surface area contributed by atoms with Gasteiger partial charge in [0.2, 0.25) is 0 Å². The van der Waals surface area contributed by atoms with Gasteiger partial charge in [-0.1, -0.05) is 152 Å². The van der Waals surface area contributed by atoms with Gasteiger partial charge in [-0.25, -0.2) is 0 Å². The van der Waals surface area contributed by atoms with E-state index in [1.54, 1.807) is 0 Å². The highest BCUT2D eigenvalue weighted by Crippen LogP contribution is 2.52. The summed E-state index contributed by atoms with van der Waals surface area (Å²) in [6.45, 7) is 11.6. The predicted molar refractivity (Wildman–Crippen MR) is 210 cm³/mol. The highest BCUT2D eigenvalue weighted by molar-refractivity contribution is 5.83. The third-order valence-corrected chi connectivity index (χ3v) is 10.5. The molecule has 3 atom stereocenters. The summed E-state index contributed by atoms with van der Waals surface area (Å²) >= 11 is 0. The zero-order valence-corrected chi connectivity index (χ0v) is 28.6. The smallest absolute Gasteiger partial charge is 0.130 e. The van der Waals surface area contributed by atoms with Crippen LogP contribution in [0.2, 0.25) is 0 Å². The second kappa shape index (κ2) is 14.4. The molecule has 0 amide bonds. The van der Waals surface area contributed by atoms with Gasteiger partial charge >= 0.3 is 0 Å². The lowest BCUT2D eigenvalue weighted by Crippen LogP contribution is -2.29. The minimum atomic E-state index is -0.309. The lowest BCUT2D eigenvalue weighted by molar-refractivity contribution is 0.484. The van der Waals surface area contributed by atoms with Gasteiger partial charge in [0.05, 0.1) is 11.4 Å². The maximum absolute atomic E-state index is 4.83. The molecule has 3 aromatic carbocycles. The zero-order chi connectivity index (χ0) is 33.6. The van der Waals surface area contributed by atoms with Gasteiger partial charge in [0.15, 0.2) is 0 Å². The van der Waals surface area contributed by atoms with Crippen molar-refractivity contribution in [3.63, 3.8) is 0 Å². The number of nitrogens with one attached hydrogen (secondary N) is 1. The first-order chi connectivity index (χ1) is 24.1. The zero-order valence-electron chi connectivity index (χ0n) is 28.6.